The molecule has 10 heteroatoms. The van der Waals surface area contributed by atoms with E-state index in [0.29, 0.717) is 39.5 Å². The van der Waals surface area contributed by atoms with Gasteiger partial charge in [0.1, 0.15) is 17.3 Å². The first-order valence-corrected chi connectivity index (χ1v) is 9.94. The summed E-state index contributed by atoms with van der Waals surface area (Å²) in [6, 6.07) is 12.3. The molecule has 0 aliphatic heterocycles. The molecule has 3 aromatic rings. The Bertz CT molecular complexity index is 1100. The highest BCUT2D eigenvalue weighted by Crippen LogP contribution is 2.33. The summed E-state index contributed by atoms with van der Waals surface area (Å²) in [5, 5.41) is 6.81. The number of hydrogen-bond donors (Lipinski definition) is 2. The Morgan fingerprint density at radius 2 is 1.72 bits per heavy atom. The second kappa shape index (κ2) is 9.12. The zero-order valence-corrected chi connectivity index (χ0v) is 18.6. The number of alkyl halides is 3. The quantitative estimate of drug-likeness (QED) is 0.423. The van der Waals surface area contributed by atoms with Gasteiger partial charge in [0, 0.05) is 22.2 Å². The lowest BCUT2D eigenvalue weighted by Crippen LogP contribution is -2.27. The van der Waals surface area contributed by atoms with Crippen molar-refractivity contribution in [2.24, 2.45) is 0 Å². The van der Waals surface area contributed by atoms with Crippen molar-refractivity contribution in [3.05, 3.63) is 53.6 Å². The summed E-state index contributed by atoms with van der Waals surface area (Å²) in [7, 11) is 1.53. The van der Waals surface area contributed by atoms with E-state index in [-0.39, 0.29) is 11.3 Å². The van der Waals surface area contributed by atoms with Crippen LogP contribution >= 0.6 is 11.6 Å². The number of ether oxygens (including phenoxy) is 2. The molecule has 0 unspecified atom stereocenters. The second-order valence-electron chi connectivity index (χ2n) is 7.88. The Labute approximate surface area is 188 Å². The van der Waals surface area contributed by atoms with Gasteiger partial charge in [-0.2, -0.15) is 4.98 Å². The van der Waals surface area contributed by atoms with Crippen LogP contribution in [0.5, 0.6) is 11.5 Å². The van der Waals surface area contributed by atoms with Gasteiger partial charge in [-0.3, -0.25) is 0 Å². The molecule has 3 rings (SSSR count). The third kappa shape index (κ3) is 6.65. The molecule has 0 atom stereocenters. The van der Waals surface area contributed by atoms with Crippen LogP contribution in [0.1, 0.15) is 20.8 Å². The van der Waals surface area contributed by atoms with Gasteiger partial charge in [0.2, 0.25) is 5.95 Å². The number of methoxy groups -OCH3 is 1. The number of hydrogen-bond acceptors (Lipinski definition) is 6. The van der Waals surface area contributed by atoms with E-state index in [1.54, 1.807) is 30.3 Å². The van der Waals surface area contributed by atoms with Crippen LogP contribution in [0.3, 0.4) is 0 Å². The van der Waals surface area contributed by atoms with Crippen molar-refractivity contribution < 1.29 is 22.6 Å². The van der Waals surface area contributed by atoms with E-state index >= 15 is 0 Å². The predicted octanol–water partition coefficient (Wildman–Crippen LogP) is 6.66. The van der Waals surface area contributed by atoms with Gasteiger partial charge in [0.05, 0.1) is 18.5 Å². The number of rotatable bonds is 6. The summed E-state index contributed by atoms with van der Waals surface area (Å²) < 4.78 is 47.3. The highest BCUT2D eigenvalue weighted by molar-refractivity contribution is 6.31. The molecule has 2 aromatic carbocycles. The van der Waals surface area contributed by atoms with Crippen molar-refractivity contribution in [3.8, 4) is 22.8 Å². The fraction of sp³-hybridized carbons (Fsp3) is 0.273. The van der Waals surface area contributed by atoms with Crippen molar-refractivity contribution in [1.29, 1.82) is 0 Å². The van der Waals surface area contributed by atoms with Crippen LogP contribution in [0, 0.1) is 0 Å². The summed E-state index contributed by atoms with van der Waals surface area (Å²) in [5.74, 6) is 0.885. The Hall–Kier alpha value is -3.20. The zero-order chi connectivity index (χ0) is 23.5. The van der Waals surface area contributed by atoms with Gasteiger partial charge in [-0.1, -0.05) is 23.7 Å². The van der Waals surface area contributed by atoms with Crippen molar-refractivity contribution in [3.63, 3.8) is 0 Å². The van der Waals surface area contributed by atoms with Crippen LogP contribution in [0.4, 0.5) is 30.6 Å². The van der Waals surface area contributed by atoms with Crippen LogP contribution < -0.4 is 20.1 Å². The summed E-state index contributed by atoms with van der Waals surface area (Å²) in [5.41, 5.74) is 1.03. The number of nitrogens with zero attached hydrogens (tertiary/aromatic N) is 2. The standard InChI is InChI=1S/C22H22ClF3N4O2/c1-21(2,3)30-20-28-16(13-6-5-7-15(10-13)32-22(24,25)26)12-19(29-20)27-17-11-14(23)8-9-18(17)31-4/h5-12H,1-4H3,(H2,27,28,29,30). The van der Waals surface area contributed by atoms with Crippen molar-refractivity contribution in [2.45, 2.75) is 32.7 Å². The lowest BCUT2D eigenvalue weighted by Gasteiger charge is -2.21. The van der Waals surface area contributed by atoms with Gasteiger partial charge in [0.15, 0.2) is 0 Å². The maximum Gasteiger partial charge on any atom is 0.573 e. The molecular weight excluding hydrogens is 445 g/mol. The van der Waals surface area contributed by atoms with Gasteiger partial charge in [0.25, 0.3) is 0 Å². The van der Waals surface area contributed by atoms with E-state index in [1.807, 2.05) is 20.8 Å². The molecule has 0 amide bonds. The minimum Gasteiger partial charge on any atom is -0.495 e. The summed E-state index contributed by atoms with van der Waals surface area (Å²) >= 11 is 6.11. The van der Waals surface area contributed by atoms with Crippen LogP contribution in [-0.2, 0) is 0 Å². The van der Waals surface area contributed by atoms with E-state index in [0.717, 1.165) is 0 Å². The third-order valence-electron chi connectivity index (χ3n) is 4.00. The minimum atomic E-state index is -4.79. The van der Waals surface area contributed by atoms with Crippen molar-refractivity contribution >= 4 is 29.1 Å². The molecule has 0 saturated heterocycles. The molecule has 0 aliphatic carbocycles. The Balaban J connectivity index is 2.05. The van der Waals surface area contributed by atoms with Crippen molar-refractivity contribution in [2.75, 3.05) is 17.7 Å². The van der Waals surface area contributed by atoms with Crippen LogP contribution in [0.2, 0.25) is 5.02 Å². The van der Waals surface area contributed by atoms with Gasteiger partial charge >= 0.3 is 6.36 Å². The molecule has 32 heavy (non-hydrogen) atoms. The van der Waals surface area contributed by atoms with Crippen LogP contribution in [0.15, 0.2) is 48.5 Å². The number of halogens is 4. The molecule has 0 aliphatic rings. The Kier molecular flexibility index (Phi) is 6.68. The molecule has 0 saturated carbocycles. The lowest BCUT2D eigenvalue weighted by molar-refractivity contribution is -0.274. The molecular formula is C22H22ClF3N4O2. The number of aromatic nitrogens is 2. The van der Waals surface area contributed by atoms with E-state index in [1.165, 1.54) is 25.3 Å². The van der Waals surface area contributed by atoms with E-state index in [2.05, 4.69) is 25.3 Å². The molecule has 0 spiro atoms. The Morgan fingerprint density at radius 1 is 0.969 bits per heavy atom. The van der Waals surface area contributed by atoms with Crippen LogP contribution in [-0.4, -0.2) is 29.0 Å². The second-order valence-corrected chi connectivity index (χ2v) is 8.32. The smallest absolute Gasteiger partial charge is 0.495 e. The predicted molar refractivity (Wildman–Crippen MR) is 119 cm³/mol. The maximum atomic E-state index is 12.6. The number of benzene rings is 2. The fourth-order valence-electron chi connectivity index (χ4n) is 2.82. The zero-order valence-electron chi connectivity index (χ0n) is 17.8. The third-order valence-corrected chi connectivity index (χ3v) is 4.24. The highest BCUT2D eigenvalue weighted by Gasteiger charge is 2.31. The summed E-state index contributed by atoms with van der Waals surface area (Å²) in [4.78, 5) is 8.96. The Morgan fingerprint density at radius 3 is 2.38 bits per heavy atom. The molecule has 0 bridgehead atoms. The first-order valence-electron chi connectivity index (χ1n) is 9.56. The summed E-state index contributed by atoms with van der Waals surface area (Å²) in [6.07, 6.45) is -4.79. The molecule has 6 nitrogen and oxygen atoms in total. The first kappa shape index (κ1) is 23.5. The van der Waals surface area contributed by atoms with Gasteiger partial charge in [-0.05, 0) is 51.1 Å². The van der Waals surface area contributed by atoms with Crippen molar-refractivity contribution in [1.82, 2.24) is 9.97 Å². The van der Waals surface area contributed by atoms with Gasteiger partial charge in [-0.15, -0.1) is 13.2 Å². The first-order chi connectivity index (χ1) is 14.9. The van der Waals surface area contributed by atoms with E-state index in [4.69, 9.17) is 16.3 Å². The van der Waals surface area contributed by atoms with Gasteiger partial charge in [-0.25, -0.2) is 4.98 Å². The number of nitrogens with one attached hydrogen (secondary N) is 2. The average Bonchev–Trinajstić information content (AvgIpc) is 2.65. The average molecular weight is 467 g/mol. The largest absolute Gasteiger partial charge is 0.573 e. The monoisotopic (exact) mass is 466 g/mol. The maximum absolute atomic E-state index is 12.6. The molecule has 2 N–H and O–H groups in total. The van der Waals surface area contributed by atoms with E-state index < -0.39 is 6.36 Å². The molecule has 170 valence electrons. The SMILES string of the molecule is COc1ccc(Cl)cc1Nc1cc(-c2cccc(OC(F)(F)F)c2)nc(NC(C)(C)C)n1. The van der Waals surface area contributed by atoms with Gasteiger partial charge < -0.3 is 20.1 Å². The molecule has 1 aromatic heterocycles. The summed E-state index contributed by atoms with van der Waals surface area (Å²) in [6.45, 7) is 5.82. The van der Waals surface area contributed by atoms with Crippen LogP contribution in [0.25, 0.3) is 11.3 Å². The highest BCUT2D eigenvalue weighted by atomic mass is 35.5. The molecule has 0 radical (unpaired) electrons. The van der Waals surface area contributed by atoms with E-state index in [9.17, 15) is 13.2 Å². The number of anilines is 3. The molecule has 0 fully saturated rings. The minimum absolute atomic E-state index is 0.292. The molecule has 1 heterocycles. The lowest BCUT2D eigenvalue weighted by atomic mass is 10.1. The fourth-order valence-corrected chi connectivity index (χ4v) is 2.99. The normalized spacial score (nSPS) is 11.8. The topological polar surface area (TPSA) is 68.3 Å².